The number of hydrogen-bond donors (Lipinski definition) is 2. The predicted molar refractivity (Wildman–Crippen MR) is 143 cm³/mol. The van der Waals surface area contributed by atoms with Gasteiger partial charge < -0.3 is 29.4 Å². The zero-order valence-corrected chi connectivity index (χ0v) is 23.0. The van der Waals surface area contributed by atoms with Gasteiger partial charge in [-0.15, -0.1) is 0 Å². The number of amides is 1. The fourth-order valence-corrected chi connectivity index (χ4v) is 5.22. The van der Waals surface area contributed by atoms with E-state index >= 15 is 0 Å². The number of fused-ring (bicyclic) bond motifs is 1. The van der Waals surface area contributed by atoms with Gasteiger partial charge in [0.25, 0.3) is 0 Å². The molecule has 2 aromatic rings. The lowest BCUT2D eigenvalue weighted by Crippen LogP contribution is -2.55. The van der Waals surface area contributed by atoms with Gasteiger partial charge in [0.15, 0.2) is 0 Å². The third-order valence-corrected chi connectivity index (χ3v) is 7.45. The minimum Gasteiger partial charge on any atom is -0.506 e. The van der Waals surface area contributed by atoms with E-state index in [1.54, 1.807) is 4.57 Å². The summed E-state index contributed by atoms with van der Waals surface area (Å²) in [5.74, 6) is -0.513. The Bertz CT molecular complexity index is 1280. The minimum atomic E-state index is -0.661. The van der Waals surface area contributed by atoms with Gasteiger partial charge in [-0.3, -0.25) is 4.79 Å². The Labute approximate surface area is 221 Å². The van der Waals surface area contributed by atoms with Crippen LogP contribution in [0.3, 0.4) is 0 Å². The maximum Gasteiger partial charge on any atom is 0.407 e. The number of aromatic nitrogens is 1. The van der Waals surface area contributed by atoms with Crippen LogP contribution in [0.15, 0.2) is 17.1 Å². The molecule has 0 radical (unpaired) electrons. The first kappa shape index (κ1) is 27.1. The number of nitrogens with one attached hydrogen (secondary N) is 1. The zero-order valence-electron chi connectivity index (χ0n) is 22.3. The number of ether oxygens (including phenoxy) is 2. The van der Waals surface area contributed by atoms with Crippen LogP contribution in [-0.2, 0) is 16.0 Å². The highest BCUT2D eigenvalue weighted by molar-refractivity contribution is 6.38. The normalized spacial score (nSPS) is 22.1. The fraction of sp³-hybridized carbons (Fsp3) is 0.593. The lowest BCUT2D eigenvalue weighted by molar-refractivity contribution is 0.0460. The Morgan fingerprint density at radius 3 is 2.49 bits per heavy atom. The molecule has 2 aliphatic rings. The monoisotopic (exact) mass is 533 g/mol. The van der Waals surface area contributed by atoms with E-state index in [0.29, 0.717) is 30.8 Å². The maximum absolute atomic E-state index is 13.3. The largest absolute Gasteiger partial charge is 0.506 e. The van der Waals surface area contributed by atoms with Crippen molar-refractivity contribution >= 4 is 40.3 Å². The van der Waals surface area contributed by atoms with E-state index < -0.39 is 23.1 Å². The molecule has 1 saturated heterocycles. The SMILES string of the molecule is CCn1cc(C(=O)OC2CC2)c(=O)c2cc(O)c(N3C[C@@H](C)[C@@H](C)[C@H](NC(=O)OC(C)(C)C)C3)c(Cl)c21. The number of carbonyl (C=O) groups excluding carboxylic acids is 2. The molecule has 2 fully saturated rings. The van der Waals surface area contributed by atoms with Crippen LogP contribution in [0.4, 0.5) is 10.5 Å². The summed E-state index contributed by atoms with van der Waals surface area (Å²) < 4.78 is 12.5. The number of phenolic OH excluding ortho intramolecular Hbond substituents is 1. The first-order valence-corrected chi connectivity index (χ1v) is 13.2. The van der Waals surface area contributed by atoms with Crippen LogP contribution in [0, 0.1) is 11.8 Å². The van der Waals surface area contributed by atoms with Crippen molar-refractivity contribution in [2.45, 2.75) is 78.7 Å². The lowest BCUT2D eigenvalue weighted by atomic mass is 9.84. The standard InChI is InChI=1S/C27H36ClN3O6/c1-7-30-12-18(25(34)36-16-8-9-16)24(33)17-10-20(32)23(21(28)22(17)30)31-11-14(2)15(3)19(13-31)29-26(35)37-27(4,5)6/h10,12,14-16,19,32H,7-9,11,13H2,1-6H3,(H,29,35)/t14-,15-,19-/m1/s1. The molecule has 37 heavy (non-hydrogen) atoms. The van der Waals surface area contributed by atoms with E-state index in [1.165, 1.54) is 12.3 Å². The summed E-state index contributed by atoms with van der Waals surface area (Å²) >= 11 is 6.90. The molecule has 0 unspecified atom stereocenters. The number of hydrogen-bond acceptors (Lipinski definition) is 7. The number of carbonyl (C=O) groups is 2. The molecule has 1 amide bonds. The highest BCUT2D eigenvalue weighted by Gasteiger charge is 2.36. The first-order chi connectivity index (χ1) is 17.3. The smallest absolute Gasteiger partial charge is 0.407 e. The van der Waals surface area contributed by atoms with Crippen molar-refractivity contribution in [2.24, 2.45) is 11.8 Å². The van der Waals surface area contributed by atoms with Crippen LogP contribution in [0.5, 0.6) is 5.75 Å². The van der Waals surface area contributed by atoms with E-state index in [-0.39, 0.29) is 45.7 Å². The number of phenols is 1. The molecule has 0 bridgehead atoms. The minimum absolute atomic E-state index is 0.0773. The van der Waals surface area contributed by atoms with Crippen LogP contribution < -0.4 is 15.6 Å². The highest BCUT2D eigenvalue weighted by Crippen LogP contribution is 2.42. The van der Waals surface area contributed by atoms with E-state index in [1.807, 2.05) is 32.6 Å². The second-order valence-electron chi connectivity index (χ2n) is 11.2. The molecule has 1 aliphatic carbocycles. The van der Waals surface area contributed by atoms with Crippen molar-refractivity contribution in [3.8, 4) is 5.75 Å². The van der Waals surface area contributed by atoms with Crippen molar-refractivity contribution < 1.29 is 24.2 Å². The third-order valence-electron chi connectivity index (χ3n) is 7.09. The molecule has 2 N–H and O–H groups in total. The molecule has 0 spiro atoms. The topological polar surface area (TPSA) is 110 Å². The summed E-state index contributed by atoms with van der Waals surface area (Å²) in [6.07, 6.45) is 2.44. The summed E-state index contributed by atoms with van der Waals surface area (Å²) in [6, 6.07) is 1.12. The van der Waals surface area contributed by atoms with Gasteiger partial charge >= 0.3 is 12.1 Å². The van der Waals surface area contributed by atoms with Crippen LogP contribution in [0.25, 0.3) is 10.9 Å². The number of aryl methyl sites for hydroxylation is 1. The lowest BCUT2D eigenvalue weighted by Gasteiger charge is -2.43. The van der Waals surface area contributed by atoms with Crippen molar-refractivity contribution in [3.63, 3.8) is 0 Å². The molecule has 4 rings (SSSR count). The molecular weight excluding hydrogens is 498 g/mol. The number of piperidine rings is 1. The Hall–Kier alpha value is -2.94. The van der Waals surface area contributed by atoms with E-state index in [2.05, 4.69) is 19.2 Å². The van der Waals surface area contributed by atoms with Crippen LogP contribution in [-0.4, -0.2) is 52.6 Å². The van der Waals surface area contributed by atoms with Crippen molar-refractivity contribution in [2.75, 3.05) is 18.0 Å². The number of anilines is 1. The summed E-state index contributed by atoms with van der Waals surface area (Å²) in [5, 5.41) is 14.4. The molecule has 1 aliphatic heterocycles. The summed E-state index contributed by atoms with van der Waals surface area (Å²) in [6.45, 7) is 12.9. The summed E-state index contributed by atoms with van der Waals surface area (Å²) in [5.41, 5.74) is -0.404. The molecule has 9 nitrogen and oxygen atoms in total. The van der Waals surface area contributed by atoms with Crippen LogP contribution in [0.2, 0.25) is 5.02 Å². The number of pyridine rings is 1. The van der Waals surface area contributed by atoms with E-state index in [0.717, 1.165) is 12.8 Å². The average Bonchev–Trinajstić information content (AvgIpc) is 3.60. The average molecular weight is 534 g/mol. The fourth-order valence-electron chi connectivity index (χ4n) is 4.80. The Kier molecular flexibility index (Phi) is 7.38. The summed E-state index contributed by atoms with van der Waals surface area (Å²) in [7, 11) is 0. The molecule has 2 heterocycles. The summed E-state index contributed by atoms with van der Waals surface area (Å²) in [4.78, 5) is 40.3. The molecule has 10 heteroatoms. The molecule has 1 saturated carbocycles. The van der Waals surface area contributed by atoms with Gasteiger partial charge in [0.2, 0.25) is 5.43 Å². The van der Waals surface area contributed by atoms with Crippen molar-refractivity contribution in [3.05, 3.63) is 33.1 Å². The molecular formula is C27H36ClN3O6. The van der Waals surface area contributed by atoms with Gasteiger partial charge in [-0.25, -0.2) is 9.59 Å². The third kappa shape index (κ3) is 5.66. The van der Waals surface area contributed by atoms with E-state index in [9.17, 15) is 19.5 Å². The molecule has 1 aromatic heterocycles. The maximum atomic E-state index is 13.3. The van der Waals surface area contributed by atoms with Gasteiger partial charge in [-0.05, 0) is 58.4 Å². The number of rotatable bonds is 5. The Morgan fingerprint density at radius 1 is 1.22 bits per heavy atom. The van der Waals surface area contributed by atoms with Crippen molar-refractivity contribution in [1.29, 1.82) is 0 Å². The molecule has 1 aromatic carbocycles. The predicted octanol–water partition coefficient (Wildman–Crippen LogP) is 4.69. The van der Waals surface area contributed by atoms with Crippen LogP contribution >= 0.6 is 11.6 Å². The van der Waals surface area contributed by atoms with Gasteiger partial charge in [0.1, 0.15) is 28.7 Å². The van der Waals surface area contributed by atoms with Crippen molar-refractivity contribution in [1.82, 2.24) is 9.88 Å². The first-order valence-electron chi connectivity index (χ1n) is 12.8. The number of alkyl carbamates (subject to hydrolysis) is 1. The van der Waals surface area contributed by atoms with E-state index in [4.69, 9.17) is 21.1 Å². The van der Waals surface area contributed by atoms with Gasteiger partial charge in [-0.1, -0.05) is 25.4 Å². The zero-order chi connectivity index (χ0) is 27.2. The molecule has 202 valence electrons. The Balaban J connectivity index is 1.72. The second-order valence-corrected chi connectivity index (χ2v) is 11.6. The van der Waals surface area contributed by atoms with Gasteiger partial charge in [0.05, 0.1) is 22.0 Å². The Morgan fingerprint density at radius 2 is 1.89 bits per heavy atom. The van der Waals surface area contributed by atoms with Gasteiger partial charge in [0, 0.05) is 25.8 Å². The highest BCUT2D eigenvalue weighted by atomic mass is 35.5. The number of halogens is 1. The molecule has 3 atom stereocenters. The number of benzene rings is 1. The number of nitrogens with zero attached hydrogens (tertiary/aromatic N) is 2. The van der Waals surface area contributed by atoms with Gasteiger partial charge in [-0.2, -0.15) is 0 Å². The quantitative estimate of drug-likeness (QED) is 0.537. The number of aromatic hydroxyl groups is 1. The van der Waals surface area contributed by atoms with Crippen LogP contribution in [0.1, 0.15) is 64.7 Å². The second kappa shape index (κ2) is 10.1. The number of esters is 1.